The topological polar surface area (TPSA) is 22.3 Å². The molecule has 3 nitrogen and oxygen atoms in total. The number of hydrogen-bond donors (Lipinski definition) is 1. The molecule has 1 aliphatic heterocycles. The number of thioether (sulfide) groups is 1. The van der Waals surface area contributed by atoms with Crippen molar-refractivity contribution in [3.05, 3.63) is 59.0 Å². The highest BCUT2D eigenvalue weighted by Gasteiger charge is 2.54. The van der Waals surface area contributed by atoms with E-state index >= 15 is 0 Å². The van der Waals surface area contributed by atoms with Crippen molar-refractivity contribution >= 4 is 28.4 Å². The van der Waals surface area contributed by atoms with E-state index in [9.17, 15) is 4.39 Å². The Hall–Kier alpha value is -1.98. The van der Waals surface area contributed by atoms with Crippen molar-refractivity contribution in [1.29, 1.82) is 0 Å². The molecule has 0 bridgehead atoms. The van der Waals surface area contributed by atoms with Crippen molar-refractivity contribution in [3.63, 3.8) is 0 Å². The van der Waals surface area contributed by atoms with Gasteiger partial charge < -0.3 is 9.88 Å². The lowest BCUT2D eigenvalue weighted by atomic mass is 10.0. The quantitative estimate of drug-likeness (QED) is 0.570. The third kappa shape index (κ3) is 3.15. The Kier molecular flexibility index (Phi) is 4.44. The fourth-order valence-electron chi connectivity index (χ4n) is 4.76. The fraction of sp³-hybridized carbons (Fsp3) is 0.417. The van der Waals surface area contributed by atoms with Gasteiger partial charge in [-0.3, -0.25) is 4.90 Å². The molecule has 2 aromatic carbocycles. The van der Waals surface area contributed by atoms with E-state index in [0.717, 1.165) is 36.3 Å². The van der Waals surface area contributed by atoms with E-state index in [0.29, 0.717) is 0 Å². The third-order valence-corrected chi connectivity index (χ3v) is 8.67. The maximum Gasteiger partial charge on any atom is 0.123 e. The number of anilines is 1. The van der Waals surface area contributed by atoms with Crippen molar-refractivity contribution in [2.45, 2.75) is 43.0 Å². The molecule has 5 heteroatoms. The van der Waals surface area contributed by atoms with Crippen LogP contribution in [0.4, 0.5) is 10.1 Å². The number of aryl methyl sites for hydroxylation is 1. The van der Waals surface area contributed by atoms with Crippen LogP contribution in [0.3, 0.4) is 0 Å². The van der Waals surface area contributed by atoms with Gasteiger partial charge in [0.1, 0.15) is 5.82 Å². The molecule has 0 saturated heterocycles. The molecule has 2 heterocycles. The van der Waals surface area contributed by atoms with Crippen LogP contribution in [-0.2, 0) is 13.0 Å². The minimum absolute atomic E-state index is 0.161. The summed E-state index contributed by atoms with van der Waals surface area (Å²) in [5.41, 5.74) is 6.14. The fourth-order valence-corrected chi connectivity index (χ4v) is 6.26. The number of benzene rings is 2. The number of rotatable bonds is 4. The van der Waals surface area contributed by atoms with E-state index in [1.165, 1.54) is 39.9 Å². The van der Waals surface area contributed by atoms with E-state index in [1.807, 2.05) is 17.8 Å². The molecule has 152 valence electrons. The molecule has 5 rings (SSSR count). The lowest BCUT2D eigenvalue weighted by Gasteiger charge is -2.30. The first-order valence-electron chi connectivity index (χ1n) is 10.4. The molecule has 0 radical (unpaired) electrons. The Morgan fingerprint density at radius 3 is 2.72 bits per heavy atom. The Morgan fingerprint density at radius 2 is 2.00 bits per heavy atom. The molecule has 1 saturated carbocycles. The summed E-state index contributed by atoms with van der Waals surface area (Å²) in [5, 5.41) is 1.04. The molecule has 2 unspecified atom stereocenters. The Balaban J connectivity index is 1.43. The van der Waals surface area contributed by atoms with Crippen LogP contribution in [0.1, 0.15) is 30.2 Å². The van der Waals surface area contributed by atoms with Gasteiger partial charge in [-0.15, -0.1) is 11.8 Å². The van der Waals surface area contributed by atoms with Gasteiger partial charge in [-0.1, -0.05) is 13.0 Å². The minimum atomic E-state index is -0.161. The van der Waals surface area contributed by atoms with Crippen LogP contribution in [0.25, 0.3) is 10.9 Å². The van der Waals surface area contributed by atoms with Gasteiger partial charge >= 0.3 is 0 Å². The lowest BCUT2D eigenvalue weighted by Crippen LogP contribution is -2.30. The molecule has 2 aliphatic rings. The zero-order chi connectivity index (χ0) is 20.3. The second-order valence-electron chi connectivity index (χ2n) is 8.84. The molecule has 1 fully saturated rings. The average Bonchev–Trinajstić information content (AvgIpc) is 3.21. The molecule has 1 aliphatic carbocycles. The van der Waals surface area contributed by atoms with Gasteiger partial charge in [-0.25, -0.2) is 4.39 Å². The minimum Gasteiger partial charge on any atom is -0.365 e. The number of aromatic nitrogens is 1. The molecule has 0 spiro atoms. The Labute approximate surface area is 176 Å². The second kappa shape index (κ2) is 6.78. The largest absolute Gasteiger partial charge is 0.365 e. The predicted octanol–water partition coefficient (Wildman–Crippen LogP) is 5.57. The molecule has 1 N–H and O–H groups in total. The highest BCUT2D eigenvalue weighted by molar-refractivity contribution is 8.01. The van der Waals surface area contributed by atoms with Crippen LogP contribution in [0.5, 0.6) is 0 Å². The van der Waals surface area contributed by atoms with Crippen LogP contribution in [0.2, 0.25) is 0 Å². The predicted molar refractivity (Wildman–Crippen MR) is 120 cm³/mol. The van der Waals surface area contributed by atoms with E-state index in [2.05, 4.69) is 60.9 Å². The van der Waals surface area contributed by atoms with Gasteiger partial charge in [0, 0.05) is 33.7 Å². The van der Waals surface area contributed by atoms with Gasteiger partial charge in [0.15, 0.2) is 0 Å². The summed E-state index contributed by atoms with van der Waals surface area (Å²) in [6, 6.07) is 11.9. The number of H-pyrrole nitrogens is 1. The number of fused-ring (bicyclic) bond motifs is 3. The molecular weight excluding hydrogens is 381 g/mol. The monoisotopic (exact) mass is 409 g/mol. The first-order chi connectivity index (χ1) is 13.9. The van der Waals surface area contributed by atoms with E-state index in [1.54, 1.807) is 6.07 Å². The molecule has 1 aromatic heterocycles. The first-order valence-corrected chi connectivity index (χ1v) is 11.2. The molecule has 29 heavy (non-hydrogen) atoms. The number of nitrogens with one attached hydrogen (secondary N) is 1. The summed E-state index contributed by atoms with van der Waals surface area (Å²) in [6.07, 6.45) is 2.18. The average molecular weight is 410 g/mol. The smallest absolute Gasteiger partial charge is 0.123 e. The van der Waals surface area contributed by atoms with Crippen LogP contribution in [0.15, 0.2) is 41.3 Å². The van der Waals surface area contributed by atoms with Gasteiger partial charge in [0.05, 0.1) is 11.4 Å². The summed E-state index contributed by atoms with van der Waals surface area (Å²) in [6.45, 7) is 6.35. The zero-order valence-corrected chi connectivity index (χ0v) is 18.4. The SMILES string of the molecule is Cc1ccc(N2CCc3c([nH]c4ccc(F)cc34)C2)cc1SC1(N(C)C)CC1C. The van der Waals surface area contributed by atoms with Crippen LogP contribution in [0, 0.1) is 18.7 Å². The number of aromatic amines is 1. The zero-order valence-electron chi connectivity index (χ0n) is 17.6. The lowest BCUT2D eigenvalue weighted by molar-refractivity contribution is 0.350. The van der Waals surface area contributed by atoms with Crippen LogP contribution in [-0.4, -0.2) is 35.4 Å². The van der Waals surface area contributed by atoms with Crippen molar-refractivity contribution in [2.75, 3.05) is 25.5 Å². The molecule has 0 amide bonds. The van der Waals surface area contributed by atoms with Crippen molar-refractivity contribution < 1.29 is 4.39 Å². The van der Waals surface area contributed by atoms with Crippen LogP contribution >= 0.6 is 11.8 Å². The number of hydrogen-bond acceptors (Lipinski definition) is 3. The maximum absolute atomic E-state index is 13.7. The highest BCUT2D eigenvalue weighted by atomic mass is 32.2. The second-order valence-corrected chi connectivity index (χ2v) is 10.2. The summed E-state index contributed by atoms with van der Waals surface area (Å²) in [7, 11) is 4.39. The van der Waals surface area contributed by atoms with Crippen molar-refractivity contribution in [3.8, 4) is 0 Å². The summed E-state index contributed by atoms with van der Waals surface area (Å²) in [4.78, 5) is 9.95. The number of halogens is 1. The first kappa shape index (κ1) is 19.0. The molecule has 3 aromatic rings. The maximum atomic E-state index is 13.7. The third-order valence-electron chi connectivity index (χ3n) is 6.73. The van der Waals surface area contributed by atoms with E-state index < -0.39 is 0 Å². The summed E-state index contributed by atoms with van der Waals surface area (Å²) < 4.78 is 13.7. The van der Waals surface area contributed by atoms with Gasteiger partial charge in [0.2, 0.25) is 0 Å². The standard InChI is InChI=1S/C24H28FN3S/c1-15-5-7-18(12-23(15)29-24(27(3)4)13-16(24)2)28-10-9-19-20-11-17(25)6-8-21(20)26-22(19)14-28/h5-8,11-12,16,26H,9-10,13-14H2,1-4H3. The highest BCUT2D eigenvalue weighted by Crippen LogP contribution is 2.58. The van der Waals surface area contributed by atoms with Gasteiger partial charge in [-0.05, 0) is 81.2 Å². The van der Waals surface area contributed by atoms with E-state index in [-0.39, 0.29) is 10.7 Å². The number of nitrogens with zero attached hydrogens (tertiary/aromatic N) is 2. The van der Waals surface area contributed by atoms with Crippen molar-refractivity contribution in [2.24, 2.45) is 5.92 Å². The van der Waals surface area contributed by atoms with E-state index in [4.69, 9.17) is 0 Å². The molecule has 2 atom stereocenters. The summed E-state index contributed by atoms with van der Waals surface area (Å²) >= 11 is 2.02. The molecular formula is C24H28FN3S. The van der Waals surface area contributed by atoms with Gasteiger partial charge in [-0.2, -0.15) is 0 Å². The van der Waals surface area contributed by atoms with Crippen LogP contribution < -0.4 is 4.90 Å². The Morgan fingerprint density at radius 1 is 1.21 bits per heavy atom. The van der Waals surface area contributed by atoms with Crippen molar-refractivity contribution in [1.82, 2.24) is 9.88 Å². The van der Waals surface area contributed by atoms with Gasteiger partial charge in [0.25, 0.3) is 0 Å². The normalized spacial score (nSPS) is 23.7. The Bertz CT molecular complexity index is 1090. The summed E-state index contributed by atoms with van der Waals surface area (Å²) in [5.74, 6) is 0.556.